The molecule has 0 aliphatic carbocycles. The van der Waals surface area contributed by atoms with E-state index in [-0.39, 0.29) is 5.75 Å². The van der Waals surface area contributed by atoms with Gasteiger partial charge in [0.2, 0.25) is 10.0 Å². The lowest BCUT2D eigenvalue weighted by atomic mass is 10.1. The highest BCUT2D eigenvalue weighted by Gasteiger charge is 2.10. The third-order valence-corrected chi connectivity index (χ3v) is 4.97. The number of hydrogen-bond acceptors (Lipinski definition) is 3. The molecule has 2 aromatic rings. The van der Waals surface area contributed by atoms with Crippen LogP contribution < -0.4 is 10.0 Å². The standard InChI is InChI=1S/C19H26N2O2S/c1-16(2)15-20-18-10-12-19(13-11-18)21-24(22,23)14-6-9-17-7-4-3-5-8-17/h3-5,7-8,10-13,16,20-21H,6,9,14-15H2,1-2H3. The Bertz CT molecular complexity index is 711. The van der Waals surface area contributed by atoms with Crippen LogP contribution in [0.25, 0.3) is 0 Å². The maximum absolute atomic E-state index is 12.2. The van der Waals surface area contributed by atoms with Crippen molar-refractivity contribution in [1.82, 2.24) is 0 Å². The summed E-state index contributed by atoms with van der Waals surface area (Å²) >= 11 is 0. The summed E-state index contributed by atoms with van der Waals surface area (Å²) in [5.41, 5.74) is 2.76. The Balaban J connectivity index is 1.82. The van der Waals surface area contributed by atoms with Crippen molar-refractivity contribution in [1.29, 1.82) is 0 Å². The molecule has 0 radical (unpaired) electrons. The van der Waals surface area contributed by atoms with E-state index in [1.165, 1.54) is 0 Å². The zero-order chi connectivity index (χ0) is 17.4. The summed E-state index contributed by atoms with van der Waals surface area (Å²) in [6.07, 6.45) is 1.37. The average molecular weight is 346 g/mol. The van der Waals surface area contributed by atoms with Gasteiger partial charge in [-0.1, -0.05) is 44.2 Å². The molecule has 0 spiro atoms. The van der Waals surface area contributed by atoms with E-state index in [0.717, 1.165) is 24.2 Å². The molecule has 0 saturated carbocycles. The largest absolute Gasteiger partial charge is 0.385 e. The van der Waals surface area contributed by atoms with Gasteiger partial charge >= 0.3 is 0 Å². The van der Waals surface area contributed by atoms with Crippen LogP contribution in [0.5, 0.6) is 0 Å². The van der Waals surface area contributed by atoms with Crippen LogP contribution in [0.4, 0.5) is 11.4 Å². The van der Waals surface area contributed by atoms with Gasteiger partial charge < -0.3 is 5.32 Å². The summed E-state index contributed by atoms with van der Waals surface area (Å²) in [7, 11) is -3.31. The fourth-order valence-corrected chi connectivity index (χ4v) is 3.44. The summed E-state index contributed by atoms with van der Waals surface area (Å²) in [6.45, 7) is 5.18. The van der Waals surface area contributed by atoms with E-state index < -0.39 is 10.0 Å². The molecule has 2 aromatic carbocycles. The number of anilines is 2. The van der Waals surface area contributed by atoms with Crippen LogP contribution in [0.15, 0.2) is 54.6 Å². The molecule has 2 N–H and O–H groups in total. The first-order chi connectivity index (χ1) is 11.4. The van der Waals surface area contributed by atoms with E-state index >= 15 is 0 Å². The van der Waals surface area contributed by atoms with Gasteiger partial charge in [-0.15, -0.1) is 0 Å². The average Bonchev–Trinajstić information content (AvgIpc) is 2.54. The molecular formula is C19H26N2O2S. The minimum absolute atomic E-state index is 0.120. The highest BCUT2D eigenvalue weighted by Crippen LogP contribution is 2.16. The lowest BCUT2D eigenvalue weighted by Gasteiger charge is -2.11. The first-order valence-electron chi connectivity index (χ1n) is 8.33. The van der Waals surface area contributed by atoms with Crippen LogP contribution in [0, 0.1) is 5.92 Å². The third kappa shape index (κ3) is 6.62. The molecule has 0 fully saturated rings. The Morgan fingerprint density at radius 2 is 1.54 bits per heavy atom. The van der Waals surface area contributed by atoms with Crippen LogP contribution in [0.1, 0.15) is 25.8 Å². The van der Waals surface area contributed by atoms with Gasteiger partial charge in [-0.25, -0.2) is 8.42 Å². The zero-order valence-electron chi connectivity index (χ0n) is 14.3. The molecule has 2 rings (SSSR count). The van der Waals surface area contributed by atoms with E-state index in [4.69, 9.17) is 0 Å². The highest BCUT2D eigenvalue weighted by atomic mass is 32.2. The molecule has 0 aliphatic heterocycles. The predicted octanol–water partition coefficient (Wildman–Crippen LogP) is 4.13. The molecule has 5 heteroatoms. The SMILES string of the molecule is CC(C)CNc1ccc(NS(=O)(=O)CCCc2ccccc2)cc1. The van der Waals surface area contributed by atoms with Crippen molar-refractivity contribution in [2.24, 2.45) is 5.92 Å². The molecule has 0 aliphatic rings. The number of aryl methyl sites for hydroxylation is 1. The van der Waals surface area contributed by atoms with Crippen molar-refractivity contribution >= 4 is 21.4 Å². The predicted molar refractivity (Wildman–Crippen MR) is 102 cm³/mol. The molecule has 0 heterocycles. The maximum Gasteiger partial charge on any atom is 0.232 e. The van der Waals surface area contributed by atoms with Crippen LogP contribution in [-0.2, 0) is 16.4 Å². The molecule has 0 saturated heterocycles. The fraction of sp³-hybridized carbons (Fsp3) is 0.368. The van der Waals surface area contributed by atoms with Crippen molar-refractivity contribution in [2.45, 2.75) is 26.7 Å². The van der Waals surface area contributed by atoms with Crippen molar-refractivity contribution in [3.05, 3.63) is 60.2 Å². The Kier molecular flexibility index (Phi) is 6.67. The molecule has 0 bridgehead atoms. The lowest BCUT2D eigenvalue weighted by Crippen LogP contribution is -2.17. The maximum atomic E-state index is 12.2. The number of nitrogens with one attached hydrogen (secondary N) is 2. The number of benzene rings is 2. The van der Waals surface area contributed by atoms with Gasteiger partial charge in [-0.2, -0.15) is 0 Å². The Morgan fingerprint density at radius 1 is 0.917 bits per heavy atom. The molecule has 24 heavy (non-hydrogen) atoms. The van der Waals surface area contributed by atoms with Gasteiger partial charge in [0, 0.05) is 17.9 Å². The number of rotatable bonds is 9. The summed E-state index contributed by atoms with van der Waals surface area (Å²) in [5, 5.41) is 3.31. The molecule has 130 valence electrons. The van der Waals surface area contributed by atoms with Crippen molar-refractivity contribution in [3.63, 3.8) is 0 Å². The van der Waals surface area contributed by atoms with Crippen LogP contribution in [-0.4, -0.2) is 20.7 Å². The molecule has 0 atom stereocenters. The quantitative estimate of drug-likeness (QED) is 0.718. The minimum atomic E-state index is -3.31. The summed E-state index contributed by atoms with van der Waals surface area (Å²) < 4.78 is 27.0. The Hall–Kier alpha value is -2.01. The van der Waals surface area contributed by atoms with Gasteiger partial charge in [0.15, 0.2) is 0 Å². The Morgan fingerprint density at radius 3 is 2.17 bits per heavy atom. The first-order valence-corrected chi connectivity index (χ1v) is 9.98. The van der Waals surface area contributed by atoms with Crippen molar-refractivity contribution in [3.8, 4) is 0 Å². The smallest absolute Gasteiger partial charge is 0.232 e. The van der Waals surface area contributed by atoms with Crippen molar-refractivity contribution < 1.29 is 8.42 Å². The fourth-order valence-electron chi connectivity index (χ4n) is 2.32. The monoisotopic (exact) mass is 346 g/mol. The van der Waals surface area contributed by atoms with Crippen molar-refractivity contribution in [2.75, 3.05) is 22.3 Å². The van der Waals surface area contributed by atoms with Crippen LogP contribution in [0.3, 0.4) is 0 Å². The molecule has 0 unspecified atom stereocenters. The summed E-state index contributed by atoms with van der Waals surface area (Å²) in [4.78, 5) is 0. The van der Waals surface area contributed by atoms with E-state index in [0.29, 0.717) is 18.0 Å². The molecule has 4 nitrogen and oxygen atoms in total. The summed E-state index contributed by atoms with van der Waals surface area (Å²) in [6, 6.07) is 17.3. The van der Waals surface area contributed by atoms with E-state index in [9.17, 15) is 8.42 Å². The normalized spacial score (nSPS) is 11.5. The third-order valence-electron chi connectivity index (χ3n) is 3.59. The molecule has 0 amide bonds. The second-order valence-corrected chi connectivity index (χ2v) is 8.20. The second kappa shape index (κ2) is 8.73. The van der Waals surface area contributed by atoms with Gasteiger partial charge in [-0.3, -0.25) is 4.72 Å². The van der Waals surface area contributed by atoms with Gasteiger partial charge in [0.25, 0.3) is 0 Å². The van der Waals surface area contributed by atoms with E-state index in [1.54, 1.807) is 12.1 Å². The number of hydrogen-bond donors (Lipinski definition) is 2. The van der Waals surface area contributed by atoms with Gasteiger partial charge in [-0.05, 0) is 48.6 Å². The van der Waals surface area contributed by atoms with E-state index in [2.05, 4.69) is 23.9 Å². The number of sulfonamides is 1. The zero-order valence-corrected chi connectivity index (χ0v) is 15.1. The van der Waals surface area contributed by atoms with Gasteiger partial charge in [0.05, 0.1) is 5.75 Å². The van der Waals surface area contributed by atoms with Crippen LogP contribution >= 0.6 is 0 Å². The summed E-state index contributed by atoms with van der Waals surface area (Å²) in [5.74, 6) is 0.683. The van der Waals surface area contributed by atoms with Gasteiger partial charge in [0.1, 0.15) is 0 Å². The minimum Gasteiger partial charge on any atom is -0.385 e. The highest BCUT2D eigenvalue weighted by molar-refractivity contribution is 7.92. The molecule has 0 aromatic heterocycles. The Labute approximate surface area is 145 Å². The lowest BCUT2D eigenvalue weighted by molar-refractivity contribution is 0.598. The molecular weight excluding hydrogens is 320 g/mol. The topological polar surface area (TPSA) is 58.2 Å². The van der Waals surface area contributed by atoms with E-state index in [1.807, 2.05) is 42.5 Å². The first kappa shape index (κ1) is 18.3. The van der Waals surface area contributed by atoms with Crippen LogP contribution in [0.2, 0.25) is 0 Å². The second-order valence-electron chi connectivity index (χ2n) is 6.36.